The number of hydrogen-bond donors (Lipinski definition) is 2. The summed E-state index contributed by atoms with van der Waals surface area (Å²) >= 11 is 2.13. The Kier molecular flexibility index (Phi) is 6.19. The summed E-state index contributed by atoms with van der Waals surface area (Å²) in [4.78, 5) is 24.0. The summed E-state index contributed by atoms with van der Waals surface area (Å²) in [5, 5.41) is 5.72. The van der Waals surface area contributed by atoms with Gasteiger partial charge in [0.05, 0.1) is 10.7 Å². The molecule has 2 rings (SSSR count). The number of ether oxygens (including phenoxy) is 1. The predicted molar refractivity (Wildman–Crippen MR) is 104 cm³/mol. The minimum absolute atomic E-state index is 0.0636. The summed E-state index contributed by atoms with van der Waals surface area (Å²) in [5.74, 6) is 0.455. The Balaban J connectivity index is 2.21. The van der Waals surface area contributed by atoms with Crippen molar-refractivity contribution < 1.29 is 14.3 Å². The Morgan fingerprint density at radius 3 is 2.38 bits per heavy atom. The van der Waals surface area contributed by atoms with Crippen LogP contribution in [0.3, 0.4) is 0 Å². The lowest BCUT2D eigenvalue weighted by molar-refractivity contribution is -0.115. The van der Waals surface area contributed by atoms with Crippen LogP contribution in [0, 0.1) is 10.5 Å². The SMILES string of the molecule is CCC(=O)Nc1cccc(NC(=O)c2ccc(OC)c(I)c2)c1C. The molecule has 0 radical (unpaired) electrons. The van der Waals surface area contributed by atoms with Gasteiger partial charge in [0.1, 0.15) is 5.75 Å². The van der Waals surface area contributed by atoms with E-state index in [1.54, 1.807) is 38.3 Å². The van der Waals surface area contributed by atoms with Crippen molar-refractivity contribution in [2.24, 2.45) is 0 Å². The molecule has 2 aromatic carbocycles. The number of rotatable bonds is 5. The molecule has 6 heteroatoms. The lowest BCUT2D eigenvalue weighted by Gasteiger charge is -2.13. The summed E-state index contributed by atoms with van der Waals surface area (Å²) in [6.07, 6.45) is 0.403. The van der Waals surface area contributed by atoms with Gasteiger partial charge in [-0.2, -0.15) is 0 Å². The quantitative estimate of drug-likeness (QED) is 0.688. The van der Waals surface area contributed by atoms with Gasteiger partial charge >= 0.3 is 0 Å². The standard InChI is InChI=1S/C18H19IN2O3/c1-4-17(22)20-14-6-5-7-15(11(14)2)21-18(23)12-8-9-16(24-3)13(19)10-12/h5-10H,4H2,1-3H3,(H,20,22)(H,21,23). The molecule has 2 amide bonds. The fourth-order valence-electron chi connectivity index (χ4n) is 2.15. The molecule has 0 saturated carbocycles. The largest absolute Gasteiger partial charge is 0.496 e. The third kappa shape index (κ3) is 4.25. The second kappa shape index (κ2) is 8.14. The molecule has 0 atom stereocenters. The van der Waals surface area contributed by atoms with Crippen LogP contribution in [-0.2, 0) is 4.79 Å². The number of carbonyl (C=O) groups is 2. The number of anilines is 2. The molecule has 0 aliphatic carbocycles. The van der Waals surface area contributed by atoms with Crippen molar-refractivity contribution in [3.63, 3.8) is 0 Å². The van der Waals surface area contributed by atoms with Gasteiger partial charge in [0, 0.05) is 23.4 Å². The van der Waals surface area contributed by atoms with Gasteiger partial charge in [-0.25, -0.2) is 0 Å². The fraction of sp³-hybridized carbons (Fsp3) is 0.222. The van der Waals surface area contributed by atoms with E-state index in [0.29, 0.717) is 23.4 Å². The first-order valence-electron chi connectivity index (χ1n) is 7.50. The van der Waals surface area contributed by atoms with Crippen LogP contribution in [0.2, 0.25) is 0 Å². The average molecular weight is 438 g/mol. The third-order valence-corrected chi connectivity index (χ3v) is 4.43. The molecule has 5 nitrogen and oxygen atoms in total. The van der Waals surface area contributed by atoms with Gasteiger partial charge < -0.3 is 15.4 Å². The summed E-state index contributed by atoms with van der Waals surface area (Å²) in [7, 11) is 1.59. The first-order chi connectivity index (χ1) is 11.5. The highest BCUT2D eigenvalue weighted by molar-refractivity contribution is 14.1. The van der Waals surface area contributed by atoms with Crippen LogP contribution in [-0.4, -0.2) is 18.9 Å². The summed E-state index contributed by atoms with van der Waals surface area (Å²) in [5.41, 5.74) is 2.72. The van der Waals surface area contributed by atoms with Crippen molar-refractivity contribution >= 4 is 45.8 Å². The molecule has 0 aliphatic rings. The van der Waals surface area contributed by atoms with Gasteiger partial charge in [0.15, 0.2) is 0 Å². The fourth-order valence-corrected chi connectivity index (χ4v) is 2.88. The van der Waals surface area contributed by atoms with E-state index in [4.69, 9.17) is 4.74 Å². The topological polar surface area (TPSA) is 67.4 Å². The molecule has 0 unspecified atom stereocenters. The van der Waals surface area contributed by atoms with Crippen LogP contribution in [0.25, 0.3) is 0 Å². The molecule has 0 saturated heterocycles. The molecule has 0 bridgehead atoms. The highest BCUT2D eigenvalue weighted by Gasteiger charge is 2.12. The predicted octanol–water partition coefficient (Wildman–Crippen LogP) is 4.21. The molecule has 0 spiro atoms. The van der Waals surface area contributed by atoms with E-state index in [0.717, 1.165) is 14.9 Å². The molecule has 2 N–H and O–H groups in total. The van der Waals surface area contributed by atoms with Gasteiger partial charge in [0.25, 0.3) is 5.91 Å². The summed E-state index contributed by atoms with van der Waals surface area (Å²) < 4.78 is 6.07. The van der Waals surface area contributed by atoms with Crippen molar-refractivity contribution in [2.75, 3.05) is 17.7 Å². The van der Waals surface area contributed by atoms with Gasteiger partial charge in [-0.1, -0.05) is 13.0 Å². The minimum atomic E-state index is -0.211. The molecule has 2 aromatic rings. The zero-order chi connectivity index (χ0) is 17.7. The summed E-state index contributed by atoms with van der Waals surface area (Å²) in [6.45, 7) is 3.65. The molecular weight excluding hydrogens is 419 g/mol. The van der Waals surface area contributed by atoms with E-state index in [1.165, 1.54) is 0 Å². The number of methoxy groups -OCH3 is 1. The maximum atomic E-state index is 12.5. The molecule has 0 aliphatic heterocycles. The van der Waals surface area contributed by atoms with Crippen molar-refractivity contribution in [1.29, 1.82) is 0 Å². The van der Waals surface area contributed by atoms with Gasteiger partial charge in [0.2, 0.25) is 5.91 Å². The average Bonchev–Trinajstić information content (AvgIpc) is 2.58. The maximum absolute atomic E-state index is 12.5. The number of halogens is 1. The van der Waals surface area contributed by atoms with E-state index in [2.05, 4.69) is 33.2 Å². The van der Waals surface area contributed by atoms with E-state index in [-0.39, 0.29) is 11.8 Å². The molecule has 0 heterocycles. The van der Waals surface area contributed by atoms with E-state index < -0.39 is 0 Å². The molecular formula is C18H19IN2O3. The molecule has 0 aromatic heterocycles. The molecule has 24 heavy (non-hydrogen) atoms. The lowest BCUT2D eigenvalue weighted by Crippen LogP contribution is -2.15. The monoisotopic (exact) mass is 438 g/mol. The number of nitrogens with one attached hydrogen (secondary N) is 2. The van der Waals surface area contributed by atoms with E-state index in [1.807, 2.05) is 19.1 Å². The van der Waals surface area contributed by atoms with Crippen molar-refractivity contribution in [3.05, 3.63) is 51.1 Å². The number of amides is 2. The van der Waals surface area contributed by atoms with Crippen LogP contribution >= 0.6 is 22.6 Å². The summed E-state index contributed by atoms with van der Waals surface area (Å²) in [6, 6.07) is 10.7. The Morgan fingerprint density at radius 1 is 1.12 bits per heavy atom. The van der Waals surface area contributed by atoms with Crippen molar-refractivity contribution in [1.82, 2.24) is 0 Å². The van der Waals surface area contributed by atoms with Crippen molar-refractivity contribution in [3.8, 4) is 5.75 Å². The van der Waals surface area contributed by atoms with Crippen LogP contribution in [0.15, 0.2) is 36.4 Å². The lowest BCUT2D eigenvalue weighted by atomic mass is 10.1. The normalized spacial score (nSPS) is 10.2. The Labute approximate surface area is 154 Å². The van der Waals surface area contributed by atoms with Gasteiger partial charge in [-0.15, -0.1) is 0 Å². The second-order valence-corrected chi connectivity index (χ2v) is 6.35. The van der Waals surface area contributed by atoms with Crippen LogP contribution in [0.1, 0.15) is 29.3 Å². The van der Waals surface area contributed by atoms with Crippen LogP contribution < -0.4 is 15.4 Å². The van der Waals surface area contributed by atoms with Crippen molar-refractivity contribution in [2.45, 2.75) is 20.3 Å². The number of carbonyl (C=O) groups excluding carboxylic acids is 2. The highest BCUT2D eigenvalue weighted by Crippen LogP contribution is 2.25. The van der Waals surface area contributed by atoms with Gasteiger partial charge in [-0.3, -0.25) is 9.59 Å². The smallest absolute Gasteiger partial charge is 0.255 e. The Bertz CT molecular complexity index is 775. The van der Waals surface area contributed by atoms with E-state index in [9.17, 15) is 9.59 Å². The number of benzene rings is 2. The number of hydrogen-bond acceptors (Lipinski definition) is 3. The highest BCUT2D eigenvalue weighted by atomic mass is 127. The zero-order valence-corrected chi connectivity index (χ0v) is 15.9. The van der Waals surface area contributed by atoms with E-state index >= 15 is 0 Å². The molecule has 0 fully saturated rings. The van der Waals surface area contributed by atoms with Gasteiger partial charge in [-0.05, 0) is 65.4 Å². The zero-order valence-electron chi connectivity index (χ0n) is 13.8. The Hall–Kier alpha value is -2.09. The van der Waals surface area contributed by atoms with Crippen LogP contribution in [0.4, 0.5) is 11.4 Å². The first-order valence-corrected chi connectivity index (χ1v) is 8.58. The third-order valence-electron chi connectivity index (χ3n) is 3.59. The first kappa shape index (κ1) is 18.3. The minimum Gasteiger partial charge on any atom is -0.496 e. The molecule has 126 valence electrons. The maximum Gasteiger partial charge on any atom is 0.255 e. The van der Waals surface area contributed by atoms with Crippen LogP contribution in [0.5, 0.6) is 5.75 Å². The second-order valence-electron chi connectivity index (χ2n) is 5.18. The Morgan fingerprint density at radius 2 is 1.79 bits per heavy atom.